The zero-order valence-corrected chi connectivity index (χ0v) is 11.2. The second-order valence-electron chi connectivity index (χ2n) is 5.40. The van der Waals surface area contributed by atoms with E-state index in [1.165, 1.54) is 12.8 Å². The van der Waals surface area contributed by atoms with Gasteiger partial charge in [0.05, 0.1) is 6.10 Å². The lowest BCUT2D eigenvalue weighted by atomic mass is 9.99. The number of carbonyl (C=O) groups is 1. The highest BCUT2D eigenvalue weighted by Crippen LogP contribution is 2.21. The Labute approximate surface area is 109 Å². The quantitative estimate of drug-likeness (QED) is 0.793. The van der Waals surface area contributed by atoms with Gasteiger partial charge in [0, 0.05) is 32.3 Å². The van der Waals surface area contributed by atoms with Gasteiger partial charge in [0.15, 0.2) is 0 Å². The number of carbonyl (C=O) groups excluding carboxylic acids is 1. The molecular weight excluding hydrogens is 230 g/mol. The molecule has 5 heteroatoms. The largest absolute Gasteiger partial charge is 0.381 e. The molecule has 0 aromatic heterocycles. The summed E-state index contributed by atoms with van der Waals surface area (Å²) in [5.41, 5.74) is 5.78. The predicted octanol–water partition coefficient (Wildman–Crippen LogP) is 1.08. The third-order valence-electron chi connectivity index (χ3n) is 4.22. The van der Waals surface area contributed by atoms with Gasteiger partial charge in [0.2, 0.25) is 0 Å². The fourth-order valence-electron chi connectivity index (χ4n) is 3.05. The van der Waals surface area contributed by atoms with Crippen molar-refractivity contribution in [3.05, 3.63) is 0 Å². The van der Waals surface area contributed by atoms with Gasteiger partial charge in [0.1, 0.15) is 0 Å². The first-order valence-electron chi connectivity index (χ1n) is 7.04. The molecule has 2 rings (SSSR count). The summed E-state index contributed by atoms with van der Waals surface area (Å²) in [6.07, 6.45) is 6.71. The standard InChI is InChI=1S/C13H25N3O2/c1-18-12-6-7-16(11(8-12)9-14)13(17)15-10-4-2-3-5-10/h10-12H,2-9,14H2,1H3,(H,15,17). The van der Waals surface area contributed by atoms with E-state index in [4.69, 9.17) is 10.5 Å². The molecule has 2 amide bonds. The van der Waals surface area contributed by atoms with Crippen molar-refractivity contribution in [1.82, 2.24) is 10.2 Å². The van der Waals surface area contributed by atoms with Crippen LogP contribution >= 0.6 is 0 Å². The molecule has 1 saturated heterocycles. The Morgan fingerprint density at radius 2 is 2.11 bits per heavy atom. The van der Waals surface area contributed by atoms with Crippen LogP contribution in [0.4, 0.5) is 4.79 Å². The Kier molecular flexibility index (Phi) is 4.83. The SMILES string of the molecule is COC1CCN(C(=O)NC2CCCC2)C(CN)C1. The van der Waals surface area contributed by atoms with Gasteiger partial charge in [-0.25, -0.2) is 4.79 Å². The Morgan fingerprint density at radius 1 is 1.39 bits per heavy atom. The van der Waals surface area contributed by atoms with Crippen molar-refractivity contribution in [2.45, 2.75) is 56.7 Å². The number of rotatable bonds is 3. The molecule has 0 radical (unpaired) electrons. The molecule has 2 aliphatic rings. The molecule has 0 aromatic carbocycles. The highest BCUT2D eigenvalue weighted by Gasteiger charge is 2.31. The minimum absolute atomic E-state index is 0.0619. The van der Waals surface area contributed by atoms with Crippen LogP contribution in [0.15, 0.2) is 0 Å². The van der Waals surface area contributed by atoms with E-state index in [1.54, 1.807) is 7.11 Å². The van der Waals surface area contributed by atoms with Gasteiger partial charge in [-0.1, -0.05) is 12.8 Å². The molecule has 1 heterocycles. The number of nitrogens with one attached hydrogen (secondary N) is 1. The summed E-state index contributed by atoms with van der Waals surface area (Å²) >= 11 is 0. The number of amides is 2. The monoisotopic (exact) mass is 255 g/mol. The molecule has 2 atom stereocenters. The highest BCUT2D eigenvalue weighted by molar-refractivity contribution is 5.75. The maximum Gasteiger partial charge on any atom is 0.317 e. The van der Waals surface area contributed by atoms with E-state index in [-0.39, 0.29) is 18.2 Å². The summed E-state index contributed by atoms with van der Waals surface area (Å²) in [4.78, 5) is 14.1. The van der Waals surface area contributed by atoms with Crippen molar-refractivity contribution in [3.8, 4) is 0 Å². The molecule has 1 aliphatic carbocycles. The minimum atomic E-state index is 0.0619. The van der Waals surface area contributed by atoms with Gasteiger partial charge in [-0.2, -0.15) is 0 Å². The molecule has 1 aliphatic heterocycles. The van der Waals surface area contributed by atoms with Gasteiger partial charge >= 0.3 is 6.03 Å². The molecule has 2 fully saturated rings. The Morgan fingerprint density at radius 3 is 2.72 bits per heavy atom. The lowest BCUT2D eigenvalue weighted by Crippen LogP contribution is -2.55. The van der Waals surface area contributed by atoms with Crippen molar-refractivity contribution in [1.29, 1.82) is 0 Å². The smallest absolute Gasteiger partial charge is 0.317 e. The third kappa shape index (κ3) is 3.14. The van der Waals surface area contributed by atoms with Crippen LogP contribution in [0.3, 0.4) is 0 Å². The first-order chi connectivity index (χ1) is 8.74. The number of hydrogen-bond acceptors (Lipinski definition) is 3. The molecule has 5 nitrogen and oxygen atoms in total. The fourth-order valence-corrected chi connectivity index (χ4v) is 3.05. The zero-order valence-electron chi connectivity index (χ0n) is 11.2. The lowest BCUT2D eigenvalue weighted by Gasteiger charge is -2.38. The summed E-state index contributed by atoms with van der Waals surface area (Å²) in [6, 6.07) is 0.549. The summed E-state index contributed by atoms with van der Waals surface area (Å²) < 4.78 is 5.37. The average Bonchev–Trinajstić information content (AvgIpc) is 2.90. The van der Waals surface area contributed by atoms with Crippen LogP contribution in [-0.2, 0) is 4.74 Å². The second kappa shape index (κ2) is 6.38. The Balaban J connectivity index is 1.87. The summed E-state index contributed by atoms with van der Waals surface area (Å²) in [5.74, 6) is 0. The lowest BCUT2D eigenvalue weighted by molar-refractivity contribution is 0.0266. The summed E-state index contributed by atoms with van der Waals surface area (Å²) in [7, 11) is 1.73. The maximum atomic E-state index is 12.2. The topological polar surface area (TPSA) is 67.6 Å². The van der Waals surface area contributed by atoms with E-state index in [9.17, 15) is 4.79 Å². The predicted molar refractivity (Wildman–Crippen MR) is 70.4 cm³/mol. The zero-order chi connectivity index (χ0) is 13.0. The number of ether oxygens (including phenoxy) is 1. The van der Waals surface area contributed by atoms with Crippen molar-refractivity contribution in [3.63, 3.8) is 0 Å². The van der Waals surface area contributed by atoms with Gasteiger partial charge in [-0.15, -0.1) is 0 Å². The van der Waals surface area contributed by atoms with E-state index >= 15 is 0 Å². The van der Waals surface area contributed by atoms with E-state index in [0.717, 1.165) is 32.2 Å². The normalized spacial score (nSPS) is 29.6. The number of nitrogens with two attached hydrogens (primary N) is 1. The van der Waals surface area contributed by atoms with E-state index in [0.29, 0.717) is 12.6 Å². The van der Waals surface area contributed by atoms with Crippen LogP contribution in [-0.4, -0.2) is 49.3 Å². The first-order valence-corrected chi connectivity index (χ1v) is 7.04. The summed E-state index contributed by atoms with van der Waals surface area (Å²) in [5, 5.41) is 3.14. The Bertz CT molecular complexity index is 279. The van der Waals surface area contributed by atoms with Crippen molar-refractivity contribution in [2.75, 3.05) is 20.2 Å². The number of piperidine rings is 1. The number of methoxy groups -OCH3 is 1. The first kappa shape index (κ1) is 13.6. The van der Waals surface area contributed by atoms with E-state index in [2.05, 4.69) is 5.32 Å². The van der Waals surface area contributed by atoms with Crippen LogP contribution in [0.2, 0.25) is 0 Å². The molecule has 2 unspecified atom stereocenters. The average molecular weight is 255 g/mol. The molecular formula is C13H25N3O2. The van der Waals surface area contributed by atoms with Crippen molar-refractivity contribution >= 4 is 6.03 Å². The van der Waals surface area contributed by atoms with Crippen LogP contribution in [0.25, 0.3) is 0 Å². The molecule has 18 heavy (non-hydrogen) atoms. The number of hydrogen-bond donors (Lipinski definition) is 2. The summed E-state index contributed by atoms with van der Waals surface area (Å²) in [6.45, 7) is 1.26. The van der Waals surface area contributed by atoms with Gasteiger partial charge < -0.3 is 20.7 Å². The van der Waals surface area contributed by atoms with Crippen LogP contribution in [0.1, 0.15) is 38.5 Å². The second-order valence-corrected chi connectivity index (χ2v) is 5.40. The van der Waals surface area contributed by atoms with Gasteiger partial charge in [0.25, 0.3) is 0 Å². The van der Waals surface area contributed by atoms with E-state index in [1.807, 2.05) is 4.90 Å². The molecule has 0 spiro atoms. The molecule has 104 valence electrons. The van der Waals surface area contributed by atoms with Crippen LogP contribution < -0.4 is 11.1 Å². The van der Waals surface area contributed by atoms with Crippen LogP contribution in [0, 0.1) is 0 Å². The van der Waals surface area contributed by atoms with E-state index < -0.39 is 0 Å². The molecule has 0 bridgehead atoms. The van der Waals surface area contributed by atoms with Crippen LogP contribution in [0.5, 0.6) is 0 Å². The number of nitrogens with zero attached hydrogens (tertiary/aromatic N) is 1. The maximum absolute atomic E-state index is 12.2. The molecule has 1 saturated carbocycles. The van der Waals surface area contributed by atoms with Crippen molar-refractivity contribution in [2.24, 2.45) is 5.73 Å². The molecule has 3 N–H and O–H groups in total. The van der Waals surface area contributed by atoms with Gasteiger partial charge in [-0.3, -0.25) is 0 Å². The third-order valence-corrected chi connectivity index (χ3v) is 4.22. The van der Waals surface area contributed by atoms with Gasteiger partial charge in [-0.05, 0) is 25.7 Å². The minimum Gasteiger partial charge on any atom is -0.381 e. The number of likely N-dealkylation sites (tertiary alicyclic amines) is 1. The molecule has 0 aromatic rings. The van der Waals surface area contributed by atoms with Crippen molar-refractivity contribution < 1.29 is 9.53 Å². The fraction of sp³-hybridized carbons (Fsp3) is 0.923. The Hall–Kier alpha value is -0.810. The number of urea groups is 1. The highest BCUT2D eigenvalue weighted by atomic mass is 16.5.